The van der Waals surface area contributed by atoms with Crippen molar-refractivity contribution < 1.29 is 14.8 Å². The molecular formula is C14H19N3O4. The number of anilines is 1. The minimum absolute atomic E-state index is 0.158. The Kier molecular flexibility index (Phi) is 4.72. The molecule has 1 aromatic heterocycles. The third-order valence-corrected chi connectivity index (χ3v) is 4.01. The average molecular weight is 293 g/mol. The topological polar surface area (TPSA) is 105 Å². The van der Waals surface area contributed by atoms with Crippen molar-refractivity contribution in [2.24, 2.45) is 5.92 Å². The fraction of sp³-hybridized carbons (Fsp3) is 0.571. The van der Waals surface area contributed by atoms with Gasteiger partial charge in [0.2, 0.25) is 5.82 Å². The Morgan fingerprint density at radius 1 is 1.57 bits per heavy atom. The lowest BCUT2D eigenvalue weighted by Crippen LogP contribution is -2.27. The van der Waals surface area contributed by atoms with Crippen LogP contribution in [-0.2, 0) is 0 Å². The number of aromatic nitrogens is 1. The Bertz CT molecular complexity index is 547. The lowest BCUT2D eigenvalue weighted by molar-refractivity contribution is -0.384. The first-order valence-corrected chi connectivity index (χ1v) is 7.15. The second kappa shape index (κ2) is 6.51. The molecule has 1 saturated carbocycles. The monoisotopic (exact) mass is 293 g/mol. The van der Waals surface area contributed by atoms with Crippen LogP contribution in [0.25, 0.3) is 0 Å². The molecule has 1 heterocycles. The molecule has 0 bridgehead atoms. The molecule has 2 rings (SSSR count). The molecular weight excluding hydrogens is 274 g/mol. The zero-order valence-corrected chi connectivity index (χ0v) is 11.9. The third kappa shape index (κ3) is 3.68. The zero-order chi connectivity index (χ0) is 15.4. The average Bonchev–Trinajstić information content (AvgIpc) is 2.47. The number of rotatable bonds is 5. The van der Waals surface area contributed by atoms with E-state index < -0.39 is 10.9 Å². The molecule has 0 amide bonds. The van der Waals surface area contributed by atoms with Gasteiger partial charge in [0.1, 0.15) is 0 Å². The number of nitro groups is 1. The highest BCUT2D eigenvalue weighted by Gasteiger charge is 2.25. The Balaban J connectivity index is 2.19. The number of hydrogen-bond donors (Lipinski definition) is 2. The predicted molar refractivity (Wildman–Crippen MR) is 77.5 cm³/mol. The summed E-state index contributed by atoms with van der Waals surface area (Å²) in [5, 5.41) is 23.1. The van der Waals surface area contributed by atoms with Crippen molar-refractivity contribution in [3.63, 3.8) is 0 Å². The molecule has 0 saturated heterocycles. The van der Waals surface area contributed by atoms with E-state index in [1.165, 1.54) is 6.42 Å². The van der Waals surface area contributed by atoms with Crippen molar-refractivity contribution in [3.05, 3.63) is 27.9 Å². The van der Waals surface area contributed by atoms with Crippen LogP contribution in [0.3, 0.4) is 0 Å². The first-order chi connectivity index (χ1) is 10.0. The molecule has 114 valence electrons. The fourth-order valence-corrected chi connectivity index (χ4v) is 2.81. The highest BCUT2D eigenvalue weighted by molar-refractivity contribution is 5.88. The van der Waals surface area contributed by atoms with Crippen molar-refractivity contribution in [2.45, 2.75) is 45.1 Å². The number of nitrogens with zero attached hydrogens (tertiary/aromatic N) is 2. The first kappa shape index (κ1) is 15.2. The number of aromatic carboxylic acids is 1. The van der Waals surface area contributed by atoms with Gasteiger partial charge < -0.3 is 10.4 Å². The van der Waals surface area contributed by atoms with Gasteiger partial charge in [-0.2, -0.15) is 0 Å². The largest absolute Gasteiger partial charge is 0.478 e. The van der Waals surface area contributed by atoms with Crippen molar-refractivity contribution in [1.82, 2.24) is 4.98 Å². The van der Waals surface area contributed by atoms with Gasteiger partial charge in [-0.15, -0.1) is 0 Å². The van der Waals surface area contributed by atoms with E-state index in [1.807, 2.05) is 0 Å². The van der Waals surface area contributed by atoms with E-state index in [0.29, 0.717) is 5.92 Å². The van der Waals surface area contributed by atoms with Gasteiger partial charge in [-0.25, -0.2) is 9.78 Å². The van der Waals surface area contributed by atoms with E-state index in [9.17, 15) is 14.9 Å². The highest BCUT2D eigenvalue weighted by atomic mass is 16.6. The predicted octanol–water partition coefficient (Wildman–Crippen LogP) is 3.07. The summed E-state index contributed by atoms with van der Waals surface area (Å²) < 4.78 is 0. The summed E-state index contributed by atoms with van der Waals surface area (Å²) in [7, 11) is 0. The summed E-state index contributed by atoms with van der Waals surface area (Å²) in [6.45, 7) is 2.15. The van der Waals surface area contributed by atoms with Crippen LogP contribution >= 0.6 is 0 Å². The van der Waals surface area contributed by atoms with Crippen molar-refractivity contribution >= 4 is 17.5 Å². The molecule has 1 aromatic rings. The van der Waals surface area contributed by atoms with Gasteiger partial charge in [0.15, 0.2) is 0 Å². The number of carboxylic acid groups (broad SMARTS) is 1. The summed E-state index contributed by atoms with van der Waals surface area (Å²) in [6.07, 6.45) is 6.47. The van der Waals surface area contributed by atoms with Crippen LogP contribution in [0.2, 0.25) is 0 Å². The number of hydrogen-bond acceptors (Lipinski definition) is 5. The van der Waals surface area contributed by atoms with Crippen LogP contribution in [-0.4, -0.2) is 27.0 Å². The molecule has 1 aliphatic rings. The molecule has 21 heavy (non-hydrogen) atoms. The Labute approximate surface area is 122 Å². The SMILES string of the molecule is CCC1CCCC(Nc2ncc(C(=O)O)cc2[N+](=O)[O-])C1. The summed E-state index contributed by atoms with van der Waals surface area (Å²) in [5.41, 5.74) is -0.462. The summed E-state index contributed by atoms with van der Waals surface area (Å²) in [5.74, 6) is -0.429. The van der Waals surface area contributed by atoms with Gasteiger partial charge in [-0.1, -0.05) is 26.2 Å². The van der Waals surface area contributed by atoms with E-state index in [0.717, 1.165) is 37.9 Å². The Morgan fingerprint density at radius 3 is 2.95 bits per heavy atom. The lowest BCUT2D eigenvalue weighted by atomic mass is 9.84. The molecule has 0 radical (unpaired) electrons. The van der Waals surface area contributed by atoms with Crippen LogP contribution in [0.4, 0.5) is 11.5 Å². The Hall–Kier alpha value is -2.18. The second-order valence-electron chi connectivity index (χ2n) is 5.44. The maximum atomic E-state index is 11.1. The first-order valence-electron chi connectivity index (χ1n) is 7.15. The van der Waals surface area contributed by atoms with Crippen molar-refractivity contribution in [2.75, 3.05) is 5.32 Å². The molecule has 2 N–H and O–H groups in total. The van der Waals surface area contributed by atoms with Gasteiger partial charge in [0.05, 0.1) is 10.5 Å². The van der Waals surface area contributed by atoms with Gasteiger partial charge in [-0.3, -0.25) is 10.1 Å². The normalized spacial score (nSPS) is 21.8. The van der Waals surface area contributed by atoms with Crippen molar-refractivity contribution in [3.8, 4) is 0 Å². The van der Waals surface area contributed by atoms with Crippen molar-refractivity contribution in [1.29, 1.82) is 0 Å². The smallest absolute Gasteiger partial charge is 0.337 e. The highest BCUT2D eigenvalue weighted by Crippen LogP contribution is 2.31. The molecule has 1 fully saturated rings. The fourth-order valence-electron chi connectivity index (χ4n) is 2.81. The van der Waals surface area contributed by atoms with Crippen LogP contribution in [0.15, 0.2) is 12.3 Å². The van der Waals surface area contributed by atoms with Gasteiger partial charge >= 0.3 is 11.7 Å². The van der Waals surface area contributed by atoms with Gasteiger partial charge in [0.25, 0.3) is 0 Å². The molecule has 7 nitrogen and oxygen atoms in total. The molecule has 0 aliphatic heterocycles. The lowest BCUT2D eigenvalue weighted by Gasteiger charge is -2.29. The van der Waals surface area contributed by atoms with E-state index in [2.05, 4.69) is 17.2 Å². The second-order valence-corrected chi connectivity index (χ2v) is 5.44. The summed E-state index contributed by atoms with van der Waals surface area (Å²) in [6, 6.07) is 1.21. The molecule has 0 spiro atoms. The molecule has 1 aliphatic carbocycles. The maximum Gasteiger partial charge on any atom is 0.337 e. The van der Waals surface area contributed by atoms with Crippen LogP contribution in [0.1, 0.15) is 49.4 Å². The molecule has 7 heteroatoms. The van der Waals surface area contributed by atoms with E-state index in [1.54, 1.807) is 0 Å². The van der Waals surface area contributed by atoms with Crippen LogP contribution in [0, 0.1) is 16.0 Å². The number of nitrogens with one attached hydrogen (secondary N) is 1. The van der Waals surface area contributed by atoms with Gasteiger partial charge in [0, 0.05) is 18.3 Å². The number of carbonyl (C=O) groups is 1. The summed E-state index contributed by atoms with van der Waals surface area (Å²) >= 11 is 0. The maximum absolute atomic E-state index is 11.1. The number of pyridine rings is 1. The Morgan fingerprint density at radius 2 is 2.33 bits per heavy atom. The van der Waals surface area contributed by atoms with Crippen LogP contribution in [0.5, 0.6) is 0 Å². The third-order valence-electron chi connectivity index (χ3n) is 4.01. The quantitative estimate of drug-likeness (QED) is 0.638. The standard InChI is InChI=1S/C14H19N3O4/c1-2-9-4-3-5-11(6-9)16-13-12(17(20)21)7-10(8-15-13)14(18)19/h7-9,11H,2-6H2,1H3,(H,15,16)(H,18,19). The van der Waals surface area contributed by atoms with E-state index in [4.69, 9.17) is 5.11 Å². The minimum atomic E-state index is -1.22. The van der Waals surface area contributed by atoms with Crippen LogP contribution < -0.4 is 5.32 Å². The molecule has 2 unspecified atom stereocenters. The summed E-state index contributed by atoms with van der Waals surface area (Å²) in [4.78, 5) is 25.3. The van der Waals surface area contributed by atoms with E-state index >= 15 is 0 Å². The molecule has 2 atom stereocenters. The molecule has 0 aromatic carbocycles. The number of carboxylic acids is 1. The van der Waals surface area contributed by atoms with Gasteiger partial charge in [-0.05, 0) is 18.8 Å². The zero-order valence-electron chi connectivity index (χ0n) is 11.9. The van der Waals surface area contributed by atoms with E-state index in [-0.39, 0.29) is 23.1 Å². The minimum Gasteiger partial charge on any atom is -0.478 e.